The van der Waals surface area contributed by atoms with Crippen LogP contribution in [0, 0.1) is 6.92 Å². The Balaban J connectivity index is 1.33. The van der Waals surface area contributed by atoms with Crippen molar-refractivity contribution in [1.82, 2.24) is 19.9 Å². The van der Waals surface area contributed by atoms with Gasteiger partial charge in [-0.15, -0.1) is 0 Å². The number of rotatable bonds is 4. The number of aryl methyl sites for hydroxylation is 2. The van der Waals surface area contributed by atoms with Gasteiger partial charge in [-0.1, -0.05) is 11.8 Å². The summed E-state index contributed by atoms with van der Waals surface area (Å²) in [6.45, 7) is 1.81. The first-order chi connectivity index (χ1) is 12.6. The number of amides is 1. The number of hydrogen-bond donors (Lipinski definition) is 1. The molecule has 0 radical (unpaired) electrons. The first kappa shape index (κ1) is 17.1. The zero-order valence-electron chi connectivity index (χ0n) is 14.9. The lowest BCUT2D eigenvalue weighted by atomic mass is 9.94. The van der Waals surface area contributed by atoms with Crippen molar-refractivity contribution in [3.63, 3.8) is 0 Å². The van der Waals surface area contributed by atoms with Gasteiger partial charge in [0, 0.05) is 43.2 Å². The van der Waals surface area contributed by atoms with Crippen molar-refractivity contribution < 1.29 is 9.21 Å². The normalized spacial score (nSPS) is 20.4. The number of oxazole rings is 1. The number of hydrogen-bond acceptors (Lipinski definition) is 5. The fraction of sp³-hybridized carbons (Fsp3) is 0.421. The van der Waals surface area contributed by atoms with E-state index in [1.165, 1.54) is 0 Å². The van der Waals surface area contributed by atoms with Crippen LogP contribution >= 0.6 is 11.8 Å². The van der Waals surface area contributed by atoms with Crippen molar-refractivity contribution >= 4 is 28.8 Å². The minimum absolute atomic E-state index is 0.0406. The van der Waals surface area contributed by atoms with E-state index in [1.807, 2.05) is 43.3 Å². The Morgan fingerprint density at radius 3 is 2.85 bits per heavy atom. The van der Waals surface area contributed by atoms with E-state index in [9.17, 15) is 4.79 Å². The molecule has 26 heavy (non-hydrogen) atoms. The van der Waals surface area contributed by atoms with Crippen LogP contribution in [0.15, 0.2) is 40.2 Å². The first-order valence-electron chi connectivity index (χ1n) is 8.90. The summed E-state index contributed by atoms with van der Waals surface area (Å²) >= 11 is 1.84. The SMILES string of the molecule is Cc1nc2ccc(C(=O)NC3CCC(Sc4nccn4C)CC3)cc2o1. The van der Waals surface area contributed by atoms with E-state index in [2.05, 4.69) is 19.9 Å². The molecule has 2 heterocycles. The second-order valence-electron chi connectivity index (χ2n) is 6.80. The summed E-state index contributed by atoms with van der Waals surface area (Å²) in [7, 11) is 2.02. The predicted octanol–water partition coefficient (Wildman–Crippen LogP) is 3.70. The fourth-order valence-corrected chi connectivity index (χ4v) is 4.54. The van der Waals surface area contributed by atoms with Crippen LogP contribution in [0.5, 0.6) is 0 Å². The summed E-state index contributed by atoms with van der Waals surface area (Å²) in [4.78, 5) is 21.2. The van der Waals surface area contributed by atoms with Crippen molar-refractivity contribution in [2.24, 2.45) is 7.05 Å². The topological polar surface area (TPSA) is 73.0 Å². The summed E-state index contributed by atoms with van der Waals surface area (Å²) in [5, 5.41) is 4.80. The maximum atomic E-state index is 12.6. The lowest BCUT2D eigenvalue weighted by Crippen LogP contribution is -2.38. The third kappa shape index (κ3) is 3.62. The maximum Gasteiger partial charge on any atom is 0.251 e. The van der Waals surface area contributed by atoms with Gasteiger partial charge < -0.3 is 14.3 Å². The Morgan fingerprint density at radius 1 is 1.31 bits per heavy atom. The van der Waals surface area contributed by atoms with Gasteiger partial charge in [-0.05, 0) is 43.9 Å². The van der Waals surface area contributed by atoms with E-state index in [4.69, 9.17) is 4.42 Å². The summed E-state index contributed by atoms with van der Waals surface area (Å²) < 4.78 is 7.58. The summed E-state index contributed by atoms with van der Waals surface area (Å²) in [6, 6.07) is 5.64. The lowest BCUT2D eigenvalue weighted by Gasteiger charge is -2.28. The standard InChI is InChI=1S/C19H22N4O2S/c1-12-21-16-8-3-13(11-17(16)25-12)18(24)22-14-4-6-15(7-5-14)26-19-20-9-10-23(19)2/h3,8-11,14-15H,4-7H2,1-2H3,(H,22,24). The minimum Gasteiger partial charge on any atom is -0.441 e. The molecule has 2 aromatic heterocycles. The zero-order valence-corrected chi connectivity index (χ0v) is 15.8. The molecule has 0 aliphatic heterocycles. The van der Waals surface area contributed by atoms with Gasteiger partial charge in [0.2, 0.25) is 0 Å². The molecule has 136 valence electrons. The second-order valence-corrected chi connectivity index (χ2v) is 8.07. The number of thioether (sulfide) groups is 1. The number of benzene rings is 1. The van der Waals surface area contributed by atoms with Crippen molar-refractivity contribution in [1.29, 1.82) is 0 Å². The molecular weight excluding hydrogens is 348 g/mol. The van der Waals surface area contributed by atoms with Crippen molar-refractivity contribution in [2.75, 3.05) is 0 Å². The molecule has 1 fully saturated rings. The van der Waals surface area contributed by atoms with E-state index in [1.54, 1.807) is 13.0 Å². The van der Waals surface area contributed by atoms with Crippen molar-refractivity contribution in [3.05, 3.63) is 42.0 Å². The van der Waals surface area contributed by atoms with E-state index in [0.717, 1.165) is 36.4 Å². The van der Waals surface area contributed by atoms with Gasteiger partial charge in [-0.25, -0.2) is 9.97 Å². The molecule has 6 nitrogen and oxygen atoms in total. The second kappa shape index (κ2) is 7.15. The van der Waals surface area contributed by atoms with Crippen LogP contribution in [0.25, 0.3) is 11.1 Å². The quantitative estimate of drug-likeness (QED) is 0.758. The highest BCUT2D eigenvalue weighted by atomic mass is 32.2. The summed E-state index contributed by atoms with van der Waals surface area (Å²) in [5.74, 6) is 0.572. The lowest BCUT2D eigenvalue weighted by molar-refractivity contribution is 0.0928. The molecule has 0 unspecified atom stereocenters. The summed E-state index contributed by atoms with van der Waals surface area (Å²) in [6.07, 6.45) is 7.97. The number of fused-ring (bicyclic) bond motifs is 1. The molecule has 0 saturated heterocycles. The molecule has 1 aromatic carbocycles. The Bertz CT molecular complexity index is 925. The smallest absolute Gasteiger partial charge is 0.251 e. The van der Waals surface area contributed by atoms with Crippen LogP contribution in [0.3, 0.4) is 0 Å². The molecule has 1 aliphatic rings. The molecule has 1 amide bonds. The molecule has 0 bridgehead atoms. The van der Waals surface area contributed by atoms with Crippen LogP contribution < -0.4 is 5.32 Å². The van der Waals surface area contributed by atoms with Crippen LogP contribution in [0.4, 0.5) is 0 Å². The largest absolute Gasteiger partial charge is 0.441 e. The van der Waals surface area contributed by atoms with E-state index in [0.29, 0.717) is 22.3 Å². The fourth-order valence-electron chi connectivity index (χ4n) is 3.39. The third-order valence-corrected chi connectivity index (χ3v) is 6.22. The predicted molar refractivity (Wildman–Crippen MR) is 101 cm³/mol. The first-order valence-corrected chi connectivity index (χ1v) is 9.78. The molecule has 0 atom stereocenters. The van der Waals surface area contributed by atoms with Crippen LogP contribution in [0.2, 0.25) is 0 Å². The average Bonchev–Trinajstić information content (AvgIpc) is 3.20. The molecule has 4 rings (SSSR count). The third-order valence-electron chi connectivity index (χ3n) is 4.82. The molecular formula is C19H22N4O2S. The number of carbonyl (C=O) groups is 1. The Kier molecular flexibility index (Phi) is 4.72. The van der Waals surface area contributed by atoms with Gasteiger partial charge in [0.15, 0.2) is 16.6 Å². The van der Waals surface area contributed by atoms with Crippen LogP contribution in [0.1, 0.15) is 41.9 Å². The Hall–Kier alpha value is -2.28. The van der Waals surface area contributed by atoms with Crippen molar-refractivity contribution in [2.45, 2.75) is 49.1 Å². The summed E-state index contributed by atoms with van der Waals surface area (Å²) in [5.41, 5.74) is 2.06. The Labute approximate surface area is 156 Å². The van der Waals surface area contributed by atoms with E-state index >= 15 is 0 Å². The number of nitrogens with zero attached hydrogens (tertiary/aromatic N) is 3. The molecule has 1 N–H and O–H groups in total. The monoisotopic (exact) mass is 370 g/mol. The highest BCUT2D eigenvalue weighted by molar-refractivity contribution is 7.99. The van der Waals surface area contributed by atoms with Gasteiger partial charge in [-0.2, -0.15) is 0 Å². The number of imidazole rings is 1. The van der Waals surface area contributed by atoms with Gasteiger partial charge >= 0.3 is 0 Å². The zero-order chi connectivity index (χ0) is 18.1. The van der Waals surface area contributed by atoms with Gasteiger partial charge in [0.1, 0.15) is 5.52 Å². The van der Waals surface area contributed by atoms with Gasteiger partial charge in [0.05, 0.1) is 0 Å². The molecule has 3 aromatic rings. The maximum absolute atomic E-state index is 12.6. The number of nitrogens with one attached hydrogen (secondary N) is 1. The van der Waals surface area contributed by atoms with E-state index in [-0.39, 0.29) is 11.9 Å². The van der Waals surface area contributed by atoms with Crippen molar-refractivity contribution in [3.8, 4) is 0 Å². The van der Waals surface area contributed by atoms with Crippen LogP contribution in [-0.2, 0) is 7.05 Å². The molecule has 7 heteroatoms. The highest BCUT2D eigenvalue weighted by Crippen LogP contribution is 2.32. The van der Waals surface area contributed by atoms with Gasteiger partial charge in [-0.3, -0.25) is 4.79 Å². The number of aromatic nitrogens is 3. The number of carbonyl (C=O) groups excluding carboxylic acids is 1. The molecule has 0 spiro atoms. The highest BCUT2D eigenvalue weighted by Gasteiger charge is 2.24. The minimum atomic E-state index is -0.0406. The average molecular weight is 370 g/mol. The van der Waals surface area contributed by atoms with Crippen LogP contribution in [-0.4, -0.2) is 31.7 Å². The van der Waals surface area contributed by atoms with Gasteiger partial charge in [0.25, 0.3) is 5.91 Å². The molecule has 1 saturated carbocycles. The van der Waals surface area contributed by atoms with E-state index < -0.39 is 0 Å². The molecule has 1 aliphatic carbocycles. The Morgan fingerprint density at radius 2 is 2.12 bits per heavy atom.